The number of fused-ring (bicyclic) bond motifs is 1. The molecule has 22 heavy (non-hydrogen) atoms. The average molecular weight is 328 g/mol. The lowest BCUT2D eigenvalue weighted by atomic mass is 10.1. The third kappa shape index (κ3) is 3.00. The molecule has 4 N–H and O–H groups in total. The van der Waals surface area contributed by atoms with E-state index in [1.165, 1.54) is 12.2 Å². The van der Waals surface area contributed by atoms with E-state index < -0.39 is 34.4 Å². The molecular weight excluding hydrogens is 316 g/mol. The van der Waals surface area contributed by atoms with E-state index in [-0.39, 0.29) is 17.0 Å². The Bertz CT molecular complexity index is 738. The molecule has 2 unspecified atom stereocenters. The van der Waals surface area contributed by atoms with E-state index in [9.17, 15) is 18.0 Å². The van der Waals surface area contributed by atoms with Crippen molar-refractivity contribution in [3.05, 3.63) is 22.8 Å². The summed E-state index contributed by atoms with van der Waals surface area (Å²) in [5.41, 5.74) is 3.23. The second-order valence-corrected chi connectivity index (χ2v) is 6.29. The molecule has 0 aromatic rings. The lowest BCUT2D eigenvalue weighted by molar-refractivity contribution is -0.114. The number of hydrogen-bond acceptors (Lipinski definition) is 7. The monoisotopic (exact) mass is 328 g/mol. The molecule has 2 aliphatic heterocycles. The molecule has 0 bridgehead atoms. The highest BCUT2D eigenvalue weighted by Crippen LogP contribution is 2.23. The van der Waals surface area contributed by atoms with Crippen LogP contribution >= 0.6 is 0 Å². The topological polar surface area (TPSA) is 149 Å². The lowest BCUT2D eigenvalue weighted by Crippen LogP contribution is -2.40. The van der Waals surface area contributed by atoms with Gasteiger partial charge in [0.25, 0.3) is 16.0 Å². The van der Waals surface area contributed by atoms with Gasteiger partial charge >= 0.3 is 6.03 Å². The summed E-state index contributed by atoms with van der Waals surface area (Å²) < 4.78 is 35.9. The maximum absolute atomic E-state index is 11.8. The van der Waals surface area contributed by atoms with Crippen molar-refractivity contribution in [1.82, 2.24) is 16.1 Å². The number of imide groups is 1. The maximum atomic E-state index is 11.8. The molecule has 0 radical (unpaired) electrons. The van der Waals surface area contributed by atoms with E-state index in [0.717, 1.165) is 0 Å². The van der Waals surface area contributed by atoms with Crippen LogP contribution in [-0.2, 0) is 19.6 Å². The van der Waals surface area contributed by atoms with Gasteiger partial charge in [0.15, 0.2) is 18.0 Å². The summed E-state index contributed by atoms with van der Waals surface area (Å²) in [4.78, 5) is 22.9. The van der Waals surface area contributed by atoms with Crippen LogP contribution in [0.25, 0.3) is 0 Å². The van der Waals surface area contributed by atoms with Gasteiger partial charge in [-0.15, -0.1) is 0 Å². The predicted octanol–water partition coefficient (Wildman–Crippen LogP) is -1.05. The Balaban J connectivity index is 1.72. The molecule has 3 aliphatic rings. The summed E-state index contributed by atoms with van der Waals surface area (Å²) in [5, 5.41) is 8.42. The highest BCUT2D eigenvalue weighted by atomic mass is 32.2. The van der Waals surface area contributed by atoms with Crippen LogP contribution in [0.2, 0.25) is 0 Å². The first-order chi connectivity index (χ1) is 10.3. The average Bonchev–Trinajstić information content (AvgIpc) is 3.17. The fourth-order valence-corrected chi connectivity index (χ4v) is 2.66. The third-order valence-electron chi connectivity index (χ3n) is 3.26. The second kappa shape index (κ2) is 5.19. The van der Waals surface area contributed by atoms with E-state index in [0.29, 0.717) is 12.1 Å². The fraction of sp³-hybridized carbons (Fsp3) is 0.364. The van der Waals surface area contributed by atoms with Crippen LogP contribution < -0.4 is 16.1 Å². The molecule has 0 saturated carbocycles. The first-order valence-electron chi connectivity index (χ1n) is 6.33. The Morgan fingerprint density at radius 1 is 1.32 bits per heavy atom. The molecule has 0 aromatic heterocycles. The zero-order chi connectivity index (χ0) is 15.9. The highest BCUT2D eigenvalue weighted by molar-refractivity contribution is 7.89. The van der Waals surface area contributed by atoms with Gasteiger partial charge in [-0.1, -0.05) is 0 Å². The van der Waals surface area contributed by atoms with Crippen molar-refractivity contribution >= 4 is 27.8 Å². The number of rotatable bonds is 3. The SMILES string of the molecule is O=C1NC(=O)/C(=N\NC2=CC=C(S(=O)(=O)O)CC2)C2OC2N1. The summed E-state index contributed by atoms with van der Waals surface area (Å²) in [6.45, 7) is 0. The van der Waals surface area contributed by atoms with Gasteiger partial charge in [0.2, 0.25) is 0 Å². The Kier molecular flexibility index (Phi) is 3.47. The Morgan fingerprint density at radius 2 is 2.09 bits per heavy atom. The van der Waals surface area contributed by atoms with Crippen molar-refractivity contribution in [1.29, 1.82) is 0 Å². The molecule has 11 heteroatoms. The number of carbonyl (C=O) groups is 2. The molecule has 118 valence electrons. The first kappa shape index (κ1) is 14.7. The number of amides is 3. The largest absolute Gasteiger partial charge is 0.341 e. The normalized spacial score (nSPS) is 29.6. The summed E-state index contributed by atoms with van der Waals surface area (Å²) in [7, 11) is -4.18. The summed E-state index contributed by atoms with van der Waals surface area (Å²) in [5.74, 6) is -0.666. The number of nitrogens with zero attached hydrogens (tertiary/aromatic N) is 1. The van der Waals surface area contributed by atoms with Crippen molar-refractivity contribution in [3.8, 4) is 0 Å². The standard InChI is InChI=1S/C11H12N4O6S/c16-9-7(8-10(21-8)13-11(17)12-9)15-14-5-1-3-6(4-2-5)22(18,19)20/h1,3,8,10,14H,2,4H2,(H,18,19,20)(H2,12,13,16,17)/b15-7-. The Labute approximate surface area is 125 Å². The van der Waals surface area contributed by atoms with Crippen LogP contribution in [0.3, 0.4) is 0 Å². The van der Waals surface area contributed by atoms with Crippen LogP contribution in [0, 0.1) is 0 Å². The number of ether oxygens (including phenoxy) is 1. The Morgan fingerprint density at radius 3 is 2.73 bits per heavy atom. The number of nitrogens with one attached hydrogen (secondary N) is 3. The minimum absolute atomic E-state index is 0.0220. The van der Waals surface area contributed by atoms with Crippen molar-refractivity contribution in [3.63, 3.8) is 0 Å². The van der Waals surface area contributed by atoms with Crippen molar-refractivity contribution in [2.24, 2.45) is 5.10 Å². The molecule has 3 amide bonds. The summed E-state index contributed by atoms with van der Waals surface area (Å²) >= 11 is 0. The second-order valence-electron chi connectivity index (χ2n) is 4.81. The number of epoxide rings is 1. The van der Waals surface area contributed by atoms with Crippen molar-refractivity contribution in [2.75, 3.05) is 0 Å². The molecule has 2 saturated heterocycles. The van der Waals surface area contributed by atoms with Crippen molar-refractivity contribution in [2.45, 2.75) is 25.2 Å². The van der Waals surface area contributed by atoms with Gasteiger partial charge in [-0.2, -0.15) is 13.5 Å². The number of urea groups is 1. The highest BCUT2D eigenvalue weighted by Gasteiger charge is 2.50. The molecule has 0 aromatic carbocycles. The van der Waals surface area contributed by atoms with Gasteiger partial charge < -0.3 is 10.1 Å². The molecule has 2 fully saturated rings. The van der Waals surface area contributed by atoms with Crippen molar-refractivity contribution < 1.29 is 27.3 Å². The molecule has 1 aliphatic carbocycles. The fourth-order valence-electron chi connectivity index (χ4n) is 2.06. The summed E-state index contributed by atoms with van der Waals surface area (Å²) in [6.07, 6.45) is 1.95. The number of carbonyl (C=O) groups excluding carboxylic acids is 2. The molecule has 10 nitrogen and oxygen atoms in total. The van der Waals surface area contributed by atoms with Gasteiger partial charge in [-0.3, -0.25) is 20.1 Å². The Hall–Kier alpha value is -2.24. The first-order valence-corrected chi connectivity index (χ1v) is 7.77. The zero-order valence-electron chi connectivity index (χ0n) is 11.1. The van der Waals surface area contributed by atoms with Gasteiger partial charge in [-0.25, -0.2) is 4.79 Å². The maximum Gasteiger partial charge on any atom is 0.323 e. The molecule has 3 rings (SSSR count). The van der Waals surface area contributed by atoms with Crippen LogP contribution in [0.4, 0.5) is 4.79 Å². The van der Waals surface area contributed by atoms with E-state index in [1.807, 2.05) is 0 Å². The van der Waals surface area contributed by atoms with E-state index in [2.05, 4.69) is 21.2 Å². The van der Waals surface area contributed by atoms with E-state index in [1.54, 1.807) is 0 Å². The lowest BCUT2D eigenvalue weighted by Gasteiger charge is -2.12. The van der Waals surface area contributed by atoms with Crippen LogP contribution in [0.15, 0.2) is 27.9 Å². The third-order valence-corrected chi connectivity index (χ3v) is 4.26. The molecule has 2 atom stereocenters. The predicted molar refractivity (Wildman–Crippen MR) is 72.9 cm³/mol. The van der Waals surface area contributed by atoms with Gasteiger partial charge in [-0.05, 0) is 25.0 Å². The quantitative estimate of drug-likeness (QED) is 0.293. The van der Waals surface area contributed by atoms with Crippen LogP contribution in [0.5, 0.6) is 0 Å². The summed E-state index contributed by atoms with van der Waals surface area (Å²) in [6, 6.07) is -0.652. The number of hydrogen-bond donors (Lipinski definition) is 4. The van der Waals surface area contributed by atoms with E-state index in [4.69, 9.17) is 9.29 Å². The molecular formula is C11H12N4O6S. The smallest absolute Gasteiger partial charge is 0.323 e. The number of hydrazone groups is 1. The molecule has 2 heterocycles. The minimum Gasteiger partial charge on any atom is -0.341 e. The van der Waals surface area contributed by atoms with Gasteiger partial charge in [0, 0.05) is 5.70 Å². The van der Waals surface area contributed by atoms with Crippen LogP contribution in [-0.4, -0.2) is 43.0 Å². The van der Waals surface area contributed by atoms with Crippen LogP contribution in [0.1, 0.15) is 12.8 Å². The number of allylic oxidation sites excluding steroid dienone is 4. The zero-order valence-corrected chi connectivity index (χ0v) is 11.9. The van der Waals surface area contributed by atoms with Gasteiger partial charge in [0.1, 0.15) is 0 Å². The van der Waals surface area contributed by atoms with Gasteiger partial charge in [0.05, 0.1) is 4.91 Å². The molecule has 0 spiro atoms. The minimum atomic E-state index is -4.18. The van der Waals surface area contributed by atoms with E-state index >= 15 is 0 Å².